The maximum atomic E-state index is 11.9. The molecule has 0 aromatic heterocycles. The fraction of sp³-hybridized carbons (Fsp3) is 0.957. The average molecular weight is 482 g/mol. The zero-order chi connectivity index (χ0) is 24.3. The standard InChI is InChI=1S/C23H48NO7P/c1-6-7-8-9-10-11-12-13-14-15-16-18-28-20-23(31-22(2)25)21-30-32(26,27)29-19-17-24(3,4)5/h23H,6-21H2,1-5H3. The summed E-state index contributed by atoms with van der Waals surface area (Å²) >= 11 is 0. The lowest BCUT2D eigenvalue weighted by atomic mass is 10.1. The summed E-state index contributed by atoms with van der Waals surface area (Å²) in [6, 6.07) is 0. The molecular formula is C23H48NO7P. The van der Waals surface area contributed by atoms with Crippen LogP contribution in [0.15, 0.2) is 0 Å². The van der Waals surface area contributed by atoms with Gasteiger partial charge in [0.1, 0.15) is 19.3 Å². The number of hydrogen-bond acceptors (Lipinski definition) is 7. The lowest BCUT2D eigenvalue weighted by molar-refractivity contribution is -0.870. The minimum atomic E-state index is -4.45. The Morgan fingerprint density at radius 1 is 0.844 bits per heavy atom. The Kier molecular flexibility index (Phi) is 18.6. The molecule has 0 aromatic rings. The number of rotatable bonds is 22. The molecule has 2 atom stereocenters. The lowest BCUT2D eigenvalue weighted by Crippen LogP contribution is -2.37. The van der Waals surface area contributed by atoms with Crippen LogP contribution in [0.1, 0.15) is 84.5 Å². The van der Waals surface area contributed by atoms with Gasteiger partial charge in [0.2, 0.25) is 0 Å². The first-order valence-corrected chi connectivity index (χ1v) is 13.7. The number of phosphoric acid groups is 1. The van der Waals surface area contributed by atoms with Gasteiger partial charge in [-0.2, -0.15) is 0 Å². The van der Waals surface area contributed by atoms with E-state index in [1.165, 1.54) is 64.7 Å². The van der Waals surface area contributed by atoms with Crippen molar-refractivity contribution in [2.24, 2.45) is 0 Å². The van der Waals surface area contributed by atoms with Crippen molar-refractivity contribution in [2.75, 3.05) is 54.1 Å². The first kappa shape index (κ1) is 31.5. The van der Waals surface area contributed by atoms with Crippen LogP contribution in [0.5, 0.6) is 0 Å². The SMILES string of the molecule is CCCCCCCCCCCCCOCC(COP(=O)([O-])OCC[N+](C)(C)C)OC(C)=O. The molecule has 0 aliphatic carbocycles. The van der Waals surface area contributed by atoms with Gasteiger partial charge in [-0.25, -0.2) is 0 Å². The van der Waals surface area contributed by atoms with Gasteiger partial charge in [-0.3, -0.25) is 9.36 Å². The topological polar surface area (TPSA) is 94.1 Å². The van der Waals surface area contributed by atoms with Crippen LogP contribution in [0.3, 0.4) is 0 Å². The summed E-state index contributed by atoms with van der Waals surface area (Å²) in [7, 11) is 1.35. The van der Waals surface area contributed by atoms with Gasteiger partial charge in [0.05, 0.1) is 34.4 Å². The number of quaternary nitrogens is 1. The number of likely N-dealkylation sites (N-methyl/N-ethyl adjacent to an activating group) is 1. The number of ether oxygens (including phenoxy) is 2. The largest absolute Gasteiger partial charge is 0.756 e. The Morgan fingerprint density at radius 3 is 1.88 bits per heavy atom. The van der Waals surface area contributed by atoms with Gasteiger partial charge in [0, 0.05) is 13.5 Å². The molecule has 32 heavy (non-hydrogen) atoms. The van der Waals surface area contributed by atoms with Gasteiger partial charge in [-0.05, 0) is 6.42 Å². The van der Waals surface area contributed by atoms with Gasteiger partial charge in [-0.1, -0.05) is 71.1 Å². The normalized spacial score (nSPS) is 14.8. The number of carbonyl (C=O) groups is 1. The monoisotopic (exact) mass is 481 g/mol. The van der Waals surface area contributed by atoms with Crippen molar-refractivity contribution in [2.45, 2.75) is 90.6 Å². The number of hydrogen-bond donors (Lipinski definition) is 0. The van der Waals surface area contributed by atoms with Gasteiger partial charge < -0.3 is 27.9 Å². The summed E-state index contributed by atoms with van der Waals surface area (Å²) in [6.07, 6.45) is 13.0. The predicted molar refractivity (Wildman–Crippen MR) is 125 cm³/mol. The molecule has 0 aliphatic rings. The van der Waals surface area contributed by atoms with Crippen molar-refractivity contribution < 1.29 is 37.3 Å². The molecule has 0 amide bonds. The van der Waals surface area contributed by atoms with Crippen LogP contribution >= 0.6 is 7.82 Å². The van der Waals surface area contributed by atoms with E-state index in [2.05, 4.69) is 6.92 Å². The summed E-state index contributed by atoms with van der Waals surface area (Å²) in [5.74, 6) is -0.511. The van der Waals surface area contributed by atoms with Crippen molar-refractivity contribution in [3.8, 4) is 0 Å². The molecule has 2 unspecified atom stereocenters. The quantitative estimate of drug-likeness (QED) is 0.0975. The first-order valence-electron chi connectivity index (χ1n) is 12.2. The molecule has 9 heteroatoms. The number of nitrogens with zero attached hydrogens (tertiary/aromatic N) is 1. The summed E-state index contributed by atoms with van der Waals surface area (Å²) in [5, 5.41) is 0. The molecule has 0 aromatic carbocycles. The molecule has 0 radical (unpaired) electrons. The van der Waals surface area contributed by atoms with Crippen molar-refractivity contribution in [1.29, 1.82) is 0 Å². The van der Waals surface area contributed by atoms with Gasteiger partial charge in [0.15, 0.2) is 0 Å². The number of unbranched alkanes of at least 4 members (excludes halogenated alkanes) is 10. The molecule has 192 valence electrons. The fourth-order valence-electron chi connectivity index (χ4n) is 3.07. The molecule has 0 saturated heterocycles. The minimum absolute atomic E-state index is 0.0257. The molecule has 0 spiro atoms. The predicted octanol–water partition coefficient (Wildman–Crippen LogP) is 4.45. The van der Waals surface area contributed by atoms with Crippen LogP contribution < -0.4 is 4.89 Å². The highest BCUT2D eigenvalue weighted by atomic mass is 31.2. The highest BCUT2D eigenvalue weighted by molar-refractivity contribution is 7.45. The molecule has 8 nitrogen and oxygen atoms in total. The van der Waals surface area contributed by atoms with Crippen molar-refractivity contribution in [1.82, 2.24) is 0 Å². The van der Waals surface area contributed by atoms with E-state index in [9.17, 15) is 14.3 Å². The molecular weight excluding hydrogens is 433 g/mol. The second-order valence-corrected chi connectivity index (χ2v) is 10.8. The van der Waals surface area contributed by atoms with Gasteiger partial charge in [0.25, 0.3) is 7.82 Å². The summed E-state index contributed by atoms with van der Waals surface area (Å²) in [4.78, 5) is 23.2. The molecule has 0 saturated carbocycles. The first-order chi connectivity index (χ1) is 15.1. The molecule has 0 N–H and O–H groups in total. The Bertz CT molecular complexity index is 511. The van der Waals surface area contributed by atoms with E-state index in [1.54, 1.807) is 0 Å². The van der Waals surface area contributed by atoms with Crippen molar-refractivity contribution >= 4 is 13.8 Å². The lowest BCUT2D eigenvalue weighted by Gasteiger charge is -2.28. The summed E-state index contributed by atoms with van der Waals surface area (Å²) in [5.41, 5.74) is 0. The Labute approximate surface area is 196 Å². The third kappa shape index (κ3) is 22.7. The van der Waals surface area contributed by atoms with Crippen LogP contribution in [-0.2, 0) is 27.9 Å². The summed E-state index contributed by atoms with van der Waals surface area (Å²) in [6.45, 7) is 4.38. The molecule has 0 bridgehead atoms. The van der Waals surface area contributed by atoms with Gasteiger partial charge >= 0.3 is 5.97 Å². The second-order valence-electron chi connectivity index (χ2n) is 9.43. The van der Waals surface area contributed by atoms with Crippen LogP contribution in [0.2, 0.25) is 0 Å². The van der Waals surface area contributed by atoms with E-state index < -0.39 is 19.9 Å². The second kappa shape index (κ2) is 18.9. The van der Waals surface area contributed by atoms with Crippen LogP contribution in [0, 0.1) is 0 Å². The zero-order valence-corrected chi connectivity index (χ0v) is 22.0. The van der Waals surface area contributed by atoms with Gasteiger partial charge in [-0.15, -0.1) is 0 Å². The molecule has 0 fully saturated rings. The van der Waals surface area contributed by atoms with E-state index in [0.29, 0.717) is 17.6 Å². The fourth-order valence-corrected chi connectivity index (χ4v) is 3.80. The Morgan fingerprint density at radius 2 is 1.38 bits per heavy atom. The third-order valence-corrected chi connectivity index (χ3v) is 5.92. The Balaban J connectivity index is 3.89. The molecule has 0 aliphatic heterocycles. The van der Waals surface area contributed by atoms with E-state index in [1.807, 2.05) is 21.1 Å². The number of carbonyl (C=O) groups excluding carboxylic acids is 1. The average Bonchev–Trinajstić information content (AvgIpc) is 2.68. The van der Waals surface area contributed by atoms with Crippen LogP contribution in [-0.4, -0.2) is 70.7 Å². The molecule has 0 rings (SSSR count). The summed E-state index contributed by atoms with van der Waals surface area (Å²) < 4.78 is 32.9. The van der Waals surface area contributed by atoms with E-state index >= 15 is 0 Å². The van der Waals surface area contributed by atoms with E-state index in [-0.39, 0.29) is 19.8 Å². The van der Waals surface area contributed by atoms with Crippen LogP contribution in [0.25, 0.3) is 0 Å². The smallest absolute Gasteiger partial charge is 0.303 e. The zero-order valence-electron chi connectivity index (χ0n) is 21.1. The van der Waals surface area contributed by atoms with E-state index in [4.69, 9.17) is 18.5 Å². The van der Waals surface area contributed by atoms with Crippen molar-refractivity contribution in [3.05, 3.63) is 0 Å². The maximum absolute atomic E-state index is 11.9. The number of esters is 1. The Hall–Kier alpha value is -0.500. The van der Waals surface area contributed by atoms with Crippen LogP contribution in [0.4, 0.5) is 0 Å². The highest BCUT2D eigenvalue weighted by Crippen LogP contribution is 2.38. The maximum Gasteiger partial charge on any atom is 0.303 e. The third-order valence-electron chi connectivity index (χ3n) is 4.96. The van der Waals surface area contributed by atoms with Crippen molar-refractivity contribution in [3.63, 3.8) is 0 Å². The van der Waals surface area contributed by atoms with E-state index in [0.717, 1.165) is 12.8 Å². The molecule has 0 heterocycles. The highest BCUT2D eigenvalue weighted by Gasteiger charge is 2.19. The number of phosphoric ester groups is 1. The minimum Gasteiger partial charge on any atom is -0.756 e.